The summed E-state index contributed by atoms with van der Waals surface area (Å²) in [6.07, 6.45) is 5.71. The van der Waals surface area contributed by atoms with E-state index in [0.29, 0.717) is 0 Å². The summed E-state index contributed by atoms with van der Waals surface area (Å²) in [6.45, 7) is 0. The van der Waals surface area contributed by atoms with Crippen LogP contribution in [0.25, 0.3) is 31.3 Å². The smallest absolute Gasteiger partial charge is 0.0554 e. The highest BCUT2D eigenvalue weighted by Gasteiger charge is 2.65. The Bertz CT molecular complexity index is 2000. The summed E-state index contributed by atoms with van der Waals surface area (Å²) in [6, 6.07) is 43.6. The number of hydrogen-bond acceptors (Lipinski definition) is 2. The van der Waals surface area contributed by atoms with Gasteiger partial charge in [-0.15, -0.1) is 11.3 Å². The largest absolute Gasteiger partial charge is 0.310 e. The molecule has 4 fully saturated rings. The topological polar surface area (TPSA) is 3.24 Å². The molecule has 5 unspecified atom stereocenters. The molecular weight excluding hydrogens is 515 g/mol. The fourth-order valence-electron chi connectivity index (χ4n) is 10.0. The molecule has 1 aromatic heterocycles. The maximum atomic E-state index is 2.61. The van der Waals surface area contributed by atoms with E-state index >= 15 is 0 Å². The van der Waals surface area contributed by atoms with Crippen LogP contribution in [0.3, 0.4) is 0 Å². The van der Waals surface area contributed by atoms with Gasteiger partial charge in [0, 0.05) is 37.0 Å². The van der Waals surface area contributed by atoms with Crippen molar-refractivity contribution in [1.82, 2.24) is 0 Å². The zero-order chi connectivity index (χ0) is 26.7. The molecule has 1 heterocycles. The molecule has 11 rings (SSSR count). The zero-order valence-electron chi connectivity index (χ0n) is 23.0. The SMILES string of the molecule is c1ccc(N(c2ccc3c(c2)C2(c4ccccc4-3)C3CC4CC(C3)C2C4)c2cccc3sc4ccccc4c23)cc1. The van der Waals surface area contributed by atoms with Crippen LogP contribution in [0.2, 0.25) is 0 Å². The van der Waals surface area contributed by atoms with Crippen molar-refractivity contribution in [3.63, 3.8) is 0 Å². The molecule has 1 spiro atoms. The molecule has 0 radical (unpaired) electrons. The predicted octanol–water partition coefficient (Wildman–Crippen LogP) is 10.9. The molecule has 0 N–H and O–H groups in total. The van der Waals surface area contributed by atoms with Crippen molar-refractivity contribution in [3.8, 4) is 11.1 Å². The Morgan fingerprint density at radius 3 is 2.34 bits per heavy atom. The Balaban J connectivity index is 1.25. The molecule has 5 aliphatic rings. The number of thiophene rings is 1. The molecule has 5 aromatic carbocycles. The van der Waals surface area contributed by atoms with Gasteiger partial charge in [-0.05, 0) is 114 Å². The first-order valence-electron chi connectivity index (χ1n) is 15.3. The Morgan fingerprint density at radius 1 is 0.610 bits per heavy atom. The number of anilines is 3. The second-order valence-electron chi connectivity index (χ2n) is 12.9. The van der Waals surface area contributed by atoms with Crippen molar-refractivity contribution in [2.24, 2.45) is 23.7 Å². The highest BCUT2D eigenvalue weighted by atomic mass is 32.1. The minimum atomic E-state index is 0.184. The second-order valence-corrected chi connectivity index (χ2v) is 14.0. The van der Waals surface area contributed by atoms with E-state index in [1.807, 2.05) is 11.3 Å². The van der Waals surface area contributed by atoms with Crippen LogP contribution in [0.5, 0.6) is 0 Å². The predicted molar refractivity (Wildman–Crippen MR) is 173 cm³/mol. The number of benzene rings is 5. The number of hydrogen-bond donors (Lipinski definition) is 0. The first-order chi connectivity index (χ1) is 20.3. The summed E-state index contributed by atoms with van der Waals surface area (Å²) in [5, 5.41) is 2.70. The van der Waals surface area contributed by atoms with Gasteiger partial charge in [0.25, 0.3) is 0 Å². The Morgan fingerprint density at radius 2 is 1.41 bits per heavy atom. The summed E-state index contributed by atoms with van der Waals surface area (Å²) in [7, 11) is 0. The third kappa shape index (κ3) is 2.87. The molecule has 5 atom stereocenters. The number of rotatable bonds is 3. The molecule has 6 aromatic rings. The molecule has 0 aliphatic heterocycles. The van der Waals surface area contributed by atoms with E-state index in [1.54, 1.807) is 11.1 Å². The van der Waals surface area contributed by atoms with Gasteiger partial charge in [0.05, 0.1) is 5.69 Å². The van der Waals surface area contributed by atoms with Crippen molar-refractivity contribution in [2.45, 2.75) is 31.1 Å². The molecule has 5 aliphatic carbocycles. The highest BCUT2D eigenvalue weighted by molar-refractivity contribution is 7.26. The van der Waals surface area contributed by atoms with Crippen LogP contribution in [0.1, 0.15) is 36.8 Å². The minimum absolute atomic E-state index is 0.184. The zero-order valence-corrected chi connectivity index (χ0v) is 23.8. The average Bonchev–Trinajstić information content (AvgIpc) is 3.70. The maximum Gasteiger partial charge on any atom is 0.0554 e. The molecule has 41 heavy (non-hydrogen) atoms. The lowest BCUT2D eigenvalue weighted by Crippen LogP contribution is -2.40. The lowest BCUT2D eigenvalue weighted by molar-refractivity contribution is 0.191. The van der Waals surface area contributed by atoms with Gasteiger partial charge in [-0.25, -0.2) is 0 Å². The van der Waals surface area contributed by atoms with Crippen LogP contribution in [0.15, 0.2) is 115 Å². The van der Waals surface area contributed by atoms with Gasteiger partial charge in [0.15, 0.2) is 0 Å². The van der Waals surface area contributed by atoms with Crippen molar-refractivity contribution >= 4 is 48.6 Å². The molecule has 0 saturated heterocycles. The van der Waals surface area contributed by atoms with Crippen molar-refractivity contribution in [1.29, 1.82) is 0 Å². The van der Waals surface area contributed by atoms with Gasteiger partial charge in [0.2, 0.25) is 0 Å². The van der Waals surface area contributed by atoms with Gasteiger partial charge < -0.3 is 4.90 Å². The van der Waals surface area contributed by atoms with Crippen LogP contribution < -0.4 is 4.90 Å². The summed E-state index contributed by atoms with van der Waals surface area (Å²) in [4.78, 5) is 2.53. The molecular formula is C39H31NS. The number of para-hydroxylation sites is 1. The molecule has 0 amide bonds. The van der Waals surface area contributed by atoms with E-state index in [0.717, 1.165) is 23.7 Å². The first-order valence-corrected chi connectivity index (χ1v) is 16.1. The van der Waals surface area contributed by atoms with Crippen molar-refractivity contribution < 1.29 is 0 Å². The standard InChI is InChI=1S/C39H31NS/c1-2-9-27(10-3-1)40(35-14-8-16-37-38(35)31-12-5-7-15-36(31)41-37)28-17-18-30-29-11-4-6-13-32(29)39(34(30)23-28)26-20-24-19-25(22-26)33(39)21-24/h1-18,23-26,33H,19-22H2. The maximum absolute atomic E-state index is 2.61. The van der Waals surface area contributed by atoms with Crippen LogP contribution in [0, 0.1) is 23.7 Å². The van der Waals surface area contributed by atoms with Gasteiger partial charge in [0.1, 0.15) is 0 Å². The third-order valence-electron chi connectivity index (χ3n) is 11.2. The third-order valence-corrected chi connectivity index (χ3v) is 12.4. The first kappa shape index (κ1) is 22.8. The fraction of sp³-hybridized carbons (Fsp3) is 0.231. The van der Waals surface area contributed by atoms with E-state index < -0.39 is 0 Å². The van der Waals surface area contributed by atoms with Crippen LogP contribution in [0.4, 0.5) is 17.1 Å². The van der Waals surface area contributed by atoms with Gasteiger partial charge in [-0.2, -0.15) is 0 Å². The summed E-state index contributed by atoms with van der Waals surface area (Å²) >= 11 is 1.90. The van der Waals surface area contributed by atoms with Crippen LogP contribution in [-0.2, 0) is 5.41 Å². The van der Waals surface area contributed by atoms with Gasteiger partial charge >= 0.3 is 0 Å². The van der Waals surface area contributed by atoms with Crippen molar-refractivity contribution in [3.05, 3.63) is 126 Å². The monoisotopic (exact) mass is 545 g/mol. The van der Waals surface area contributed by atoms with Crippen LogP contribution in [-0.4, -0.2) is 0 Å². The van der Waals surface area contributed by atoms with E-state index in [9.17, 15) is 0 Å². The lowest BCUT2D eigenvalue weighted by atomic mass is 9.59. The van der Waals surface area contributed by atoms with E-state index in [-0.39, 0.29) is 5.41 Å². The van der Waals surface area contributed by atoms with Crippen molar-refractivity contribution in [2.75, 3.05) is 4.90 Å². The summed E-state index contributed by atoms with van der Waals surface area (Å²) in [5.41, 5.74) is 10.2. The number of fused-ring (bicyclic) bond motifs is 6. The molecule has 198 valence electrons. The Labute approximate surface area is 245 Å². The van der Waals surface area contributed by atoms with E-state index in [2.05, 4.69) is 120 Å². The second kappa shape index (κ2) is 8.11. The molecule has 4 bridgehead atoms. The lowest BCUT2D eigenvalue weighted by Gasteiger charge is -2.44. The quantitative estimate of drug-likeness (QED) is 0.214. The normalized spacial score (nSPS) is 26.7. The Kier molecular flexibility index (Phi) is 4.50. The Hall–Kier alpha value is -3.88. The molecule has 1 nitrogen and oxygen atoms in total. The van der Waals surface area contributed by atoms with Gasteiger partial charge in [-0.1, -0.05) is 72.8 Å². The number of nitrogens with zero attached hydrogens (tertiary/aromatic N) is 1. The fourth-order valence-corrected chi connectivity index (χ4v) is 11.2. The van der Waals surface area contributed by atoms with E-state index in [1.165, 1.54) is 74.0 Å². The van der Waals surface area contributed by atoms with Gasteiger partial charge in [-0.3, -0.25) is 0 Å². The molecule has 4 saturated carbocycles. The minimum Gasteiger partial charge on any atom is -0.310 e. The summed E-state index contributed by atoms with van der Waals surface area (Å²) in [5.74, 6) is 3.42. The van der Waals surface area contributed by atoms with Crippen LogP contribution >= 0.6 is 11.3 Å². The highest BCUT2D eigenvalue weighted by Crippen LogP contribution is 2.73. The average molecular weight is 546 g/mol. The van der Waals surface area contributed by atoms with E-state index in [4.69, 9.17) is 0 Å². The summed E-state index contributed by atoms with van der Waals surface area (Å²) < 4.78 is 2.70. The molecule has 2 heteroatoms.